The van der Waals surface area contributed by atoms with E-state index in [-0.39, 0.29) is 0 Å². The monoisotopic (exact) mass is 290 g/mol. The van der Waals surface area contributed by atoms with Gasteiger partial charge in [-0.25, -0.2) is 4.79 Å². The van der Waals surface area contributed by atoms with Gasteiger partial charge in [0.2, 0.25) is 0 Å². The number of carbonyl (C=O) groups is 1. The van der Waals surface area contributed by atoms with Crippen molar-refractivity contribution in [3.63, 3.8) is 0 Å². The summed E-state index contributed by atoms with van der Waals surface area (Å²) >= 11 is 0. The normalized spacial score (nSPS) is 9.38. The minimum absolute atomic E-state index is 0.825. The van der Waals surface area contributed by atoms with Gasteiger partial charge in [0.15, 0.2) is 0 Å². The van der Waals surface area contributed by atoms with Crippen LogP contribution in [0.25, 0.3) is 0 Å². The molecule has 118 valence electrons. The van der Waals surface area contributed by atoms with Crippen LogP contribution in [0.1, 0.15) is 90.4 Å². The lowest BCUT2D eigenvalue weighted by molar-refractivity contribution is -0.130. The minimum Gasteiger partial charge on any atom is -0.472 e. The van der Waals surface area contributed by atoms with E-state index in [1.807, 2.05) is 5.92 Å². The standard InChI is InChI=1S/C19H30O2/c1-2-3-4-5-6-7-8-9-10-11-12-13-14-15-16-17-18-19(20)21/h2-14H2,1H3,(H,20,21). The molecule has 0 aromatic heterocycles. The highest BCUT2D eigenvalue weighted by Gasteiger charge is 1.92. The molecule has 0 bridgehead atoms. The van der Waals surface area contributed by atoms with Crippen molar-refractivity contribution < 1.29 is 9.90 Å². The summed E-state index contributed by atoms with van der Waals surface area (Å²) in [7, 11) is 0. The Morgan fingerprint density at radius 1 is 0.762 bits per heavy atom. The van der Waals surface area contributed by atoms with Crippen LogP contribution in [0.15, 0.2) is 0 Å². The van der Waals surface area contributed by atoms with Gasteiger partial charge in [-0.3, -0.25) is 0 Å². The zero-order valence-corrected chi connectivity index (χ0v) is 13.5. The van der Waals surface area contributed by atoms with Crippen LogP contribution in [0.4, 0.5) is 0 Å². The van der Waals surface area contributed by atoms with E-state index in [1.165, 1.54) is 70.6 Å². The molecule has 0 amide bonds. The third kappa shape index (κ3) is 18.6. The summed E-state index contributed by atoms with van der Waals surface area (Å²) in [5.41, 5.74) is 0. The van der Waals surface area contributed by atoms with Gasteiger partial charge in [0, 0.05) is 12.3 Å². The molecule has 0 aliphatic heterocycles. The number of carboxylic acids is 1. The average Bonchev–Trinajstić information content (AvgIpc) is 2.46. The molecular formula is C19H30O2. The van der Waals surface area contributed by atoms with Crippen LogP contribution in [0.3, 0.4) is 0 Å². The van der Waals surface area contributed by atoms with Gasteiger partial charge in [-0.15, -0.1) is 0 Å². The second-order valence-electron chi connectivity index (χ2n) is 5.50. The van der Waals surface area contributed by atoms with Gasteiger partial charge in [0.05, 0.1) is 0 Å². The quantitative estimate of drug-likeness (QED) is 0.398. The van der Waals surface area contributed by atoms with Crippen LogP contribution < -0.4 is 0 Å². The first kappa shape index (κ1) is 19.6. The van der Waals surface area contributed by atoms with Crippen molar-refractivity contribution in [1.82, 2.24) is 0 Å². The van der Waals surface area contributed by atoms with Gasteiger partial charge < -0.3 is 5.11 Å². The summed E-state index contributed by atoms with van der Waals surface area (Å²) in [4.78, 5) is 10.1. The van der Waals surface area contributed by atoms with E-state index < -0.39 is 5.97 Å². The second kappa shape index (κ2) is 16.6. The van der Waals surface area contributed by atoms with Gasteiger partial charge in [0.1, 0.15) is 0 Å². The molecule has 0 spiro atoms. The number of hydrogen-bond donors (Lipinski definition) is 1. The largest absolute Gasteiger partial charge is 0.472 e. The van der Waals surface area contributed by atoms with Gasteiger partial charge in [0.25, 0.3) is 0 Å². The van der Waals surface area contributed by atoms with Crippen molar-refractivity contribution in [2.75, 3.05) is 0 Å². The highest BCUT2D eigenvalue weighted by molar-refractivity contribution is 5.87. The van der Waals surface area contributed by atoms with Crippen molar-refractivity contribution in [1.29, 1.82) is 0 Å². The summed E-state index contributed by atoms with van der Waals surface area (Å²) in [5.74, 6) is 8.64. The van der Waals surface area contributed by atoms with Gasteiger partial charge in [-0.1, -0.05) is 83.5 Å². The zero-order valence-electron chi connectivity index (χ0n) is 13.5. The number of aliphatic carboxylic acids is 1. The SMILES string of the molecule is CCCCCCCCCCCCCCC#CC#CC(=O)O. The molecule has 0 saturated carbocycles. The number of rotatable bonds is 12. The van der Waals surface area contributed by atoms with E-state index in [1.54, 1.807) is 0 Å². The van der Waals surface area contributed by atoms with Crippen molar-refractivity contribution in [3.8, 4) is 23.7 Å². The first-order valence-corrected chi connectivity index (χ1v) is 8.49. The van der Waals surface area contributed by atoms with E-state index in [0.29, 0.717) is 0 Å². The summed E-state index contributed by atoms with van der Waals surface area (Å²) in [6.07, 6.45) is 16.9. The molecule has 2 heteroatoms. The Bertz CT molecular complexity index is 362. The molecule has 0 radical (unpaired) electrons. The summed E-state index contributed by atoms with van der Waals surface area (Å²) in [6, 6.07) is 0. The third-order valence-electron chi connectivity index (χ3n) is 3.48. The van der Waals surface area contributed by atoms with Crippen molar-refractivity contribution >= 4 is 5.97 Å². The maximum Gasteiger partial charge on any atom is 0.382 e. The fourth-order valence-corrected chi connectivity index (χ4v) is 2.25. The van der Waals surface area contributed by atoms with E-state index >= 15 is 0 Å². The molecule has 0 aromatic carbocycles. The van der Waals surface area contributed by atoms with Crippen LogP contribution in [-0.4, -0.2) is 11.1 Å². The molecule has 0 fully saturated rings. The Labute approximate surface area is 130 Å². The average molecular weight is 290 g/mol. The van der Waals surface area contributed by atoms with E-state index in [2.05, 4.69) is 24.7 Å². The maximum absolute atomic E-state index is 10.1. The fourth-order valence-electron chi connectivity index (χ4n) is 2.25. The molecule has 0 atom stereocenters. The van der Waals surface area contributed by atoms with E-state index in [9.17, 15) is 4.79 Å². The fraction of sp³-hybridized carbons (Fsp3) is 0.737. The molecule has 0 saturated heterocycles. The Hall–Kier alpha value is -1.41. The Morgan fingerprint density at radius 3 is 1.71 bits per heavy atom. The lowest BCUT2D eigenvalue weighted by Gasteiger charge is -2.01. The molecule has 21 heavy (non-hydrogen) atoms. The molecular weight excluding hydrogens is 260 g/mol. The Balaban J connectivity index is 3.16. The molecule has 0 heterocycles. The number of carboxylic acid groups (broad SMARTS) is 1. The van der Waals surface area contributed by atoms with E-state index in [0.717, 1.165) is 12.8 Å². The van der Waals surface area contributed by atoms with Crippen molar-refractivity contribution in [2.24, 2.45) is 0 Å². The zero-order chi connectivity index (χ0) is 15.6. The molecule has 2 nitrogen and oxygen atoms in total. The summed E-state index contributed by atoms with van der Waals surface area (Å²) in [6.45, 7) is 2.26. The Kier molecular flexibility index (Phi) is 15.5. The molecule has 1 N–H and O–H groups in total. The highest BCUT2D eigenvalue weighted by atomic mass is 16.4. The molecule has 0 rings (SSSR count). The first-order valence-electron chi connectivity index (χ1n) is 8.49. The molecule has 0 aliphatic rings. The lowest BCUT2D eigenvalue weighted by Crippen LogP contribution is -1.85. The van der Waals surface area contributed by atoms with E-state index in [4.69, 9.17) is 5.11 Å². The van der Waals surface area contributed by atoms with Crippen LogP contribution in [0.2, 0.25) is 0 Å². The number of unbranched alkanes of at least 4 members (excludes halogenated alkanes) is 12. The summed E-state index contributed by atoms with van der Waals surface area (Å²) in [5, 5.41) is 8.29. The lowest BCUT2D eigenvalue weighted by atomic mass is 10.0. The van der Waals surface area contributed by atoms with Crippen LogP contribution in [-0.2, 0) is 4.79 Å². The third-order valence-corrected chi connectivity index (χ3v) is 3.48. The number of hydrogen-bond acceptors (Lipinski definition) is 1. The molecule has 0 aliphatic carbocycles. The van der Waals surface area contributed by atoms with Crippen molar-refractivity contribution in [2.45, 2.75) is 90.4 Å². The minimum atomic E-state index is -1.12. The van der Waals surface area contributed by atoms with Gasteiger partial charge in [-0.05, 0) is 18.3 Å². The summed E-state index contributed by atoms with van der Waals surface area (Å²) < 4.78 is 0. The van der Waals surface area contributed by atoms with Gasteiger partial charge >= 0.3 is 5.97 Å². The first-order chi connectivity index (χ1) is 10.3. The van der Waals surface area contributed by atoms with Gasteiger partial charge in [-0.2, -0.15) is 0 Å². The van der Waals surface area contributed by atoms with Crippen LogP contribution >= 0.6 is 0 Å². The molecule has 0 aromatic rings. The predicted octanol–water partition coefficient (Wildman–Crippen LogP) is 5.17. The Morgan fingerprint density at radius 2 is 1.24 bits per heavy atom. The van der Waals surface area contributed by atoms with Crippen molar-refractivity contribution in [3.05, 3.63) is 0 Å². The topological polar surface area (TPSA) is 37.3 Å². The van der Waals surface area contributed by atoms with Crippen LogP contribution in [0, 0.1) is 23.7 Å². The predicted molar refractivity (Wildman–Crippen MR) is 88.9 cm³/mol. The van der Waals surface area contributed by atoms with Crippen LogP contribution in [0.5, 0.6) is 0 Å². The second-order valence-corrected chi connectivity index (χ2v) is 5.50. The maximum atomic E-state index is 10.1. The molecule has 0 unspecified atom stereocenters. The highest BCUT2D eigenvalue weighted by Crippen LogP contribution is 2.12. The smallest absolute Gasteiger partial charge is 0.382 e.